The molecule has 6 heteroatoms. The number of ketones is 1. The van der Waals surface area contributed by atoms with Gasteiger partial charge in [-0.3, -0.25) is 9.59 Å². The zero-order valence-corrected chi connectivity index (χ0v) is 14.8. The van der Waals surface area contributed by atoms with E-state index in [9.17, 15) is 9.59 Å². The van der Waals surface area contributed by atoms with Gasteiger partial charge in [0.2, 0.25) is 5.01 Å². The largest absolute Gasteiger partial charge is 0.333 e. The van der Waals surface area contributed by atoms with Gasteiger partial charge < -0.3 is 4.90 Å². The number of benzene rings is 1. The average molecular weight is 343 g/mol. The van der Waals surface area contributed by atoms with Gasteiger partial charge in [0, 0.05) is 30.5 Å². The van der Waals surface area contributed by atoms with E-state index in [0.29, 0.717) is 23.5 Å². The fourth-order valence-corrected chi connectivity index (χ4v) is 3.75. The summed E-state index contributed by atoms with van der Waals surface area (Å²) < 4.78 is 0. The van der Waals surface area contributed by atoms with Crippen molar-refractivity contribution in [1.29, 1.82) is 0 Å². The Hall–Kier alpha value is -2.08. The van der Waals surface area contributed by atoms with Crippen LogP contribution in [0.4, 0.5) is 0 Å². The maximum Gasteiger partial charge on any atom is 0.285 e. The second-order valence-corrected chi connectivity index (χ2v) is 7.40. The van der Waals surface area contributed by atoms with Gasteiger partial charge in [0.15, 0.2) is 5.78 Å². The number of likely N-dealkylation sites (tertiary alicyclic amines) is 1. The number of Topliss-reactive ketones (excluding diaryl/α,β-unsaturated/α-hetero) is 1. The minimum Gasteiger partial charge on any atom is -0.333 e. The van der Waals surface area contributed by atoms with Crippen molar-refractivity contribution in [3.05, 3.63) is 45.9 Å². The summed E-state index contributed by atoms with van der Waals surface area (Å²) in [6.45, 7) is 4.75. The van der Waals surface area contributed by atoms with Crippen molar-refractivity contribution in [1.82, 2.24) is 15.1 Å². The van der Waals surface area contributed by atoms with Gasteiger partial charge in [0.05, 0.1) is 0 Å². The lowest BCUT2D eigenvalue weighted by atomic mass is 10.0. The van der Waals surface area contributed by atoms with Gasteiger partial charge >= 0.3 is 0 Å². The van der Waals surface area contributed by atoms with Crippen LogP contribution in [0.3, 0.4) is 0 Å². The van der Waals surface area contributed by atoms with Crippen LogP contribution in [-0.4, -0.2) is 39.4 Å². The first kappa shape index (κ1) is 16.8. The highest BCUT2D eigenvalue weighted by atomic mass is 32.1. The van der Waals surface area contributed by atoms with Crippen LogP contribution in [0, 0.1) is 0 Å². The molecule has 1 saturated heterocycles. The molecule has 0 aliphatic carbocycles. The van der Waals surface area contributed by atoms with Crippen molar-refractivity contribution in [2.75, 3.05) is 6.54 Å². The number of aromatic nitrogens is 2. The quantitative estimate of drug-likeness (QED) is 0.779. The van der Waals surface area contributed by atoms with E-state index in [0.717, 1.165) is 17.8 Å². The molecule has 1 atom stereocenters. The Morgan fingerprint density at radius 3 is 2.67 bits per heavy atom. The third-order valence-corrected chi connectivity index (χ3v) is 5.48. The van der Waals surface area contributed by atoms with Gasteiger partial charge in [-0.15, -0.1) is 10.2 Å². The molecule has 2 aromatic rings. The standard InChI is InChI=1S/C18H21N3O2S/c1-12(2)16-19-20-17(24-16)18(23)21-10-6-9-14(21)11-15(22)13-7-4-3-5-8-13/h3-5,7-8,12,14H,6,9-11H2,1-2H3/t14-/m0/s1. The smallest absolute Gasteiger partial charge is 0.285 e. The molecular formula is C18H21N3O2S. The fourth-order valence-electron chi connectivity index (χ4n) is 2.95. The fraction of sp³-hybridized carbons (Fsp3) is 0.444. The molecule has 1 amide bonds. The number of hydrogen-bond donors (Lipinski definition) is 0. The highest BCUT2D eigenvalue weighted by Crippen LogP contribution is 2.26. The monoisotopic (exact) mass is 343 g/mol. The minimum atomic E-state index is -0.0947. The molecule has 0 unspecified atom stereocenters. The van der Waals surface area contributed by atoms with Crippen LogP contribution in [0.1, 0.15) is 64.2 Å². The van der Waals surface area contributed by atoms with Crippen molar-refractivity contribution in [3.8, 4) is 0 Å². The molecule has 1 aliphatic rings. The van der Waals surface area contributed by atoms with Crippen LogP contribution < -0.4 is 0 Å². The van der Waals surface area contributed by atoms with Crippen LogP contribution in [0.15, 0.2) is 30.3 Å². The molecule has 0 saturated carbocycles. The molecule has 1 aromatic carbocycles. The normalized spacial score (nSPS) is 17.5. The summed E-state index contributed by atoms with van der Waals surface area (Å²) in [6, 6.07) is 9.21. The van der Waals surface area contributed by atoms with Gasteiger partial charge in [-0.25, -0.2) is 0 Å². The van der Waals surface area contributed by atoms with Crippen molar-refractivity contribution in [3.63, 3.8) is 0 Å². The molecular weight excluding hydrogens is 322 g/mol. The highest BCUT2D eigenvalue weighted by Gasteiger charge is 2.33. The van der Waals surface area contributed by atoms with E-state index in [1.807, 2.05) is 44.2 Å². The van der Waals surface area contributed by atoms with E-state index in [1.54, 1.807) is 4.90 Å². The Morgan fingerprint density at radius 2 is 2.00 bits per heavy atom. The van der Waals surface area contributed by atoms with Gasteiger partial charge in [-0.1, -0.05) is 55.5 Å². The van der Waals surface area contributed by atoms with Crippen LogP contribution in [0.25, 0.3) is 0 Å². The lowest BCUT2D eigenvalue weighted by Crippen LogP contribution is -2.36. The molecule has 1 aromatic heterocycles. The molecule has 1 fully saturated rings. The van der Waals surface area contributed by atoms with Crippen LogP contribution in [-0.2, 0) is 0 Å². The average Bonchev–Trinajstić information content (AvgIpc) is 3.24. The highest BCUT2D eigenvalue weighted by molar-refractivity contribution is 7.13. The third-order valence-electron chi connectivity index (χ3n) is 4.27. The predicted molar refractivity (Wildman–Crippen MR) is 93.4 cm³/mol. The Kier molecular flexibility index (Phi) is 5.04. The predicted octanol–water partition coefficient (Wildman–Crippen LogP) is 3.54. The van der Waals surface area contributed by atoms with Crippen LogP contribution >= 0.6 is 11.3 Å². The van der Waals surface area contributed by atoms with Crippen LogP contribution in [0.5, 0.6) is 0 Å². The number of hydrogen-bond acceptors (Lipinski definition) is 5. The Bertz CT molecular complexity index is 727. The van der Waals surface area contributed by atoms with E-state index in [1.165, 1.54) is 11.3 Å². The lowest BCUT2D eigenvalue weighted by Gasteiger charge is -2.23. The summed E-state index contributed by atoms with van der Waals surface area (Å²) in [5, 5.41) is 9.44. The maximum absolute atomic E-state index is 12.7. The van der Waals surface area contributed by atoms with Gasteiger partial charge in [0.25, 0.3) is 5.91 Å². The Balaban J connectivity index is 1.70. The first-order chi connectivity index (χ1) is 11.6. The van der Waals surface area contributed by atoms with E-state index >= 15 is 0 Å². The van der Waals surface area contributed by atoms with Crippen molar-refractivity contribution < 1.29 is 9.59 Å². The molecule has 2 heterocycles. The second kappa shape index (κ2) is 7.21. The molecule has 0 radical (unpaired) electrons. The number of rotatable bonds is 5. The number of nitrogens with zero attached hydrogens (tertiary/aromatic N) is 3. The summed E-state index contributed by atoms with van der Waals surface area (Å²) in [4.78, 5) is 27.0. The van der Waals surface area contributed by atoms with E-state index < -0.39 is 0 Å². The van der Waals surface area contributed by atoms with E-state index in [-0.39, 0.29) is 23.7 Å². The summed E-state index contributed by atoms with van der Waals surface area (Å²) in [6.07, 6.45) is 2.15. The van der Waals surface area contributed by atoms with E-state index in [2.05, 4.69) is 10.2 Å². The lowest BCUT2D eigenvalue weighted by molar-refractivity contribution is 0.0716. The molecule has 0 bridgehead atoms. The summed E-state index contributed by atoms with van der Waals surface area (Å²) >= 11 is 1.35. The summed E-state index contributed by atoms with van der Waals surface area (Å²) in [7, 11) is 0. The molecule has 24 heavy (non-hydrogen) atoms. The third kappa shape index (κ3) is 3.53. The van der Waals surface area contributed by atoms with E-state index in [4.69, 9.17) is 0 Å². The van der Waals surface area contributed by atoms with Crippen LogP contribution in [0.2, 0.25) is 0 Å². The molecule has 3 rings (SSSR count). The molecule has 0 spiro atoms. The molecule has 0 N–H and O–H groups in total. The van der Waals surface area contributed by atoms with Gasteiger partial charge in [-0.05, 0) is 12.8 Å². The van der Waals surface area contributed by atoms with Crippen molar-refractivity contribution >= 4 is 23.0 Å². The molecule has 5 nitrogen and oxygen atoms in total. The van der Waals surface area contributed by atoms with Gasteiger partial charge in [0.1, 0.15) is 5.01 Å². The summed E-state index contributed by atoms with van der Waals surface area (Å²) in [5.74, 6) is 0.251. The number of carbonyl (C=O) groups excluding carboxylic acids is 2. The molecule has 1 aliphatic heterocycles. The summed E-state index contributed by atoms with van der Waals surface area (Å²) in [5.41, 5.74) is 0.704. The topological polar surface area (TPSA) is 63.2 Å². The number of amides is 1. The minimum absolute atomic E-state index is 0.0448. The first-order valence-electron chi connectivity index (χ1n) is 8.29. The Morgan fingerprint density at radius 1 is 1.25 bits per heavy atom. The maximum atomic E-state index is 12.7. The first-order valence-corrected chi connectivity index (χ1v) is 9.10. The van der Waals surface area contributed by atoms with Gasteiger partial charge in [-0.2, -0.15) is 0 Å². The Labute approximate surface area is 145 Å². The van der Waals surface area contributed by atoms with Crippen molar-refractivity contribution in [2.24, 2.45) is 0 Å². The SMILES string of the molecule is CC(C)c1nnc(C(=O)N2CCC[C@H]2CC(=O)c2ccccc2)s1. The zero-order valence-electron chi connectivity index (χ0n) is 13.9. The number of carbonyl (C=O) groups is 2. The second-order valence-electron chi connectivity index (χ2n) is 6.39. The molecule has 126 valence electrons. The van der Waals surface area contributed by atoms with Crippen molar-refractivity contribution in [2.45, 2.75) is 45.1 Å². The zero-order chi connectivity index (χ0) is 17.1.